The average molecular weight is 217 g/mol. The maximum Gasteiger partial charge on any atom is 0.404 e. The minimum absolute atomic E-state index is 0.108. The number of rotatable bonds is 4. The summed E-state index contributed by atoms with van der Waals surface area (Å²) < 4.78 is 0. The van der Waals surface area contributed by atoms with Gasteiger partial charge in [0.05, 0.1) is 0 Å². The van der Waals surface area contributed by atoms with Gasteiger partial charge in [0.25, 0.3) is 0 Å². The predicted molar refractivity (Wildman–Crippen MR) is 57.0 cm³/mol. The molecule has 1 amide bonds. The molecular weight excluding hydrogens is 198 g/mol. The van der Waals surface area contributed by atoms with Crippen molar-refractivity contribution in [3.8, 4) is 0 Å². The number of amides is 1. The monoisotopic (exact) mass is 217 g/mol. The van der Waals surface area contributed by atoms with E-state index in [1.54, 1.807) is 0 Å². The summed E-state index contributed by atoms with van der Waals surface area (Å²) in [6, 6.07) is -0.227. The number of carbonyl (C=O) groups is 1. The number of hydrogen-bond donors (Lipinski definition) is 4. The van der Waals surface area contributed by atoms with E-state index >= 15 is 0 Å². The highest BCUT2D eigenvalue weighted by Gasteiger charge is 2.25. The summed E-state index contributed by atoms with van der Waals surface area (Å²) in [6.45, 7) is 5.79. The minimum atomic E-state index is -1.06. The molecule has 0 aliphatic carbocycles. The van der Waals surface area contributed by atoms with E-state index in [2.05, 4.69) is 10.5 Å². The van der Waals surface area contributed by atoms with Crippen molar-refractivity contribution in [3.63, 3.8) is 0 Å². The summed E-state index contributed by atoms with van der Waals surface area (Å²) in [5, 5.41) is 22.3. The van der Waals surface area contributed by atoms with Crippen molar-refractivity contribution >= 4 is 11.9 Å². The lowest BCUT2D eigenvalue weighted by Gasteiger charge is -2.30. The number of nitrogens with two attached hydrogens (primary N) is 1. The zero-order valence-electron chi connectivity index (χ0n) is 9.32. The van der Waals surface area contributed by atoms with E-state index in [1.165, 1.54) is 0 Å². The zero-order chi connectivity index (χ0) is 12.1. The van der Waals surface area contributed by atoms with Crippen molar-refractivity contribution in [2.45, 2.75) is 39.7 Å². The molecule has 0 rings (SSSR count). The van der Waals surface area contributed by atoms with Crippen molar-refractivity contribution < 1.29 is 15.1 Å². The average Bonchev–Trinajstić information content (AvgIpc) is 2.09. The van der Waals surface area contributed by atoms with E-state index in [0.29, 0.717) is 12.8 Å². The fraction of sp³-hybridized carbons (Fsp3) is 0.778. The lowest BCUT2D eigenvalue weighted by Crippen LogP contribution is -2.43. The Bertz CT molecular complexity index is 245. The van der Waals surface area contributed by atoms with Gasteiger partial charge in [0, 0.05) is 12.5 Å². The van der Waals surface area contributed by atoms with Gasteiger partial charge in [0.1, 0.15) is 5.84 Å². The maximum atomic E-state index is 10.5. The van der Waals surface area contributed by atoms with Crippen LogP contribution in [0, 0.1) is 5.41 Å². The maximum absolute atomic E-state index is 10.5. The first-order chi connectivity index (χ1) is 6.77. The zero-order valence-corrected chi connectivity index (χ0v) is 9.32. The molecule has 0 aromatic heterocycles. The van der Waals surface area contributed by atoms with E-state index in [1.807, 2.05) is 20.8 Å². The van der Waals surface area contributed by atoms with Gasteiger partial charge < -0.3 is 21.4 Å². The third-order valence-electron chi connectivity index (χ3n) is 2.16. The number of amidine groups is 1. The van der Waals surface area contributed by atoms with E-state index in [-0.39, 0.29) is 17.3 Å². The molecule has 1 unspecified atom stereocenters. The Kier molecular flexibility index (Phi) is 4.90. The summed E-state index contributed by atoms with van der Waals surface area (Å²) in [7, 11) is 0. The van der Waals surface area contributed by atoms with Crippen LogP contribution in [0.25, 0.3) is 0 Å². The van der Waals surface area contributed by atoms with Gasteiger partial charge in [0.15, 0.2) is 0 Å². The van der Waals surface area contributed by atoms with Crippen molar-refractivity contribution in [1.29, 1.82) is 0 Å². The molecular formula is C9H19N3O3. The van der Waals surface area contributed by atoms with Crippen LogP contribution < -0.4 is 11.1 Å². The molecule has 0 aromatic carbocycles. The Morgan fingerprint density at radius 3 is 2.40 bits per heavy atom. The third-order valence-corrected chi connectivity index (χ3v) is 2.16. The largest absolute Gasteiger partial charge is 0.465 e. The molecule has 15 heavy (non-hydrogen) atoms. The molecule has 0 saturated carbocycles. The van der Waals surface area contributed by atoms with E-state index < -0.39 is 6.09 Å². The van der Waals surface area contributed by atoms with Crippen molar-refractivity contribution in [2.75, 3.05) is 0 Å². The van der Waals surface area contributed by atoms with Crippen LogP contribution in [0.5, 0.6) is 0 Å². The van der Waals surface area contributed by atoms with Gasteiger partial charge >= 0.3 is 6.09 Å². The van der Waals surface area contributed by atoms with Gasteiger partial charge in [-0.2, -0.15) is 0 Å². The van der Waals surface area contributed by atoms with Crippen molar-refractivity contribution in [3.05, 3.63) is 0 Å². The Morgan fingerprint density at radius 1 is 1.53 bits per heavy atom. The summed E-state index contributed by atoms with van der Waals surface area (Å²) in [6.07, 6.45) is -0.195. The second-order valence-electron chi connectivity index (χ2n) is 4.50. The standard InChI is InChI=1S/C9H19N3O3/c1-9(2,3)6(11-8(13)14)4-5-7(10)12-15/h6,11,15H,4-5H2,1-3H3,(H2,10,12)(H,13,14). The first-order valence-corrected chi connectivity index (χ1v) is 4.73. The topological polar surface area (TPSA) is 108 Å². The fourth-order valence-corrected chi connectivity index (χ4v) is 1.21. The molecule has 6 nitrogen and oxygen atoms in total. The molecule has 6 heteroatoms. The SMILES string of the molecule is CC(C)(C)C(CCC(N)=NO)NC(=O)O. The highest BCUT2D eigenvalue weighted by Crippen LogP contribution is 2.22. The van der Waals surface area contributed by atoms with Gasteiger partial charge in [-0.1, -0.05) is 25.9 Å². The Morgan fingerprint density at radius 2 is 2.07 bits per heavy atom. The highest BCUT2D eigenvalue weighted by atomic mass is 16.4. The molecule has 88 valence electrons. The first-order valence-electron chi connectivity index (χ1n) is 4.73. The molecule has 0 radical (unpaired) electrons. The third kappa shape index (κ3) is 5.77. The van der Waals surface area contributed by atoms with Gasteiger partial charge in [-0.25, -0.2) is 4.79 Å². The number of hydrogen-bond acceptors (Lipinski definition) is 3. The highest BCUT2D eigenvalue weighted by molar-refractivity contribution is 5.79. The van der Waals surface area contributed by atoms with E-state index in [9.17, 15) is 4.79 Å². The van der Waals surface area contributed by atoms with Crippen LogP contribution in [0.3, 0.4) is 0 Å². The molecule has 5 N–H and O–H groups in total. The van der Waals surface area contributed by atoms with Crippen LogP contribution in [-0.4, -0.2) is 28.3 Å². The normalized spacial score (nSPS) is 14.7. The van der Waals surface area contributed by atoms with Crippen LogP contribution in [-0.2, 0) is 0 Å². The fourth-order valence-electron chi connectivity index (χ4n) is 1.21. The van der Waals surface area contributed by atoms with Gasteiger partial charge in [-0.15, -0.1) is 0 Å². The van der Waals surface area contributed by atoms with Crippen LogP contribution in [0.4, 0.5) is 4.79 Å². The van der Waals surface area contributed by atoms with Gasteiger partial charge in [-0.05, 0) is 11.8 Å². The molecule has 0 aliphatic heterocycles. The predicted octanol–water partition coefficient (Wildman–Crippen LogP) is 1.20. The minimum Gasteiger partial charge on any atom is -0.465 e. The van der Waals surface area contributed by atoms with Gasteiger partial charge in [-0.3, -0.25) is 0 Å². The second kappa shape index (κ2) is 5.43. The molecule has 0 fully saturated rings. The summed E-state index contributed by atoms with van der Waals surface area (Å²) in [4.78, 5) is 10.5. The summed E-state index contributed by atoms with van der Waals surface area (Å²) in [5.74, 6) is 0.108. The van der Waals surface area contributed by atoms with Crippen LogP contribution in [0.2, 0.25) is 0 Å². The van der Waals surface area contributed by atoms with Crippen LogP contribution in [0.1, 0.15) is 33.6 Å². The molecule has 0 aliphatic rings. The molecule has 0 aromatic rings. The summed E-state index contributed by atoms with van der Waals surface area (Å²) in [5.41, 5.74) is 5.12. The number of oxime groups is 1. The number of carboxylic acid groups (broad SMARTS) is 1. The number of nitrogens with zero attached hydrogens (tertiary/aromatic N) is 1. The lowest BCUT2D eigenvalue weighted by molar-refractivity contribution is 0.172. The molecule has 0 bridgehead atoms. The molecule has 0 spiro atoms. The molecule has 1 atom stereocenters. The van der Waals surface area contributed by atoms with E-state index in [0.717, 1.165) is 0 Å². The summed E-state index contributed by atoms with van der Waals surface area (Å²) >= 11 is 0. The molecule has 0 heterocycles. The lowest BCUT2D eigenvalue weighted by atomic mass is 9.84. The number of nitrogens with one attached hydrogen (secondary N) is 1. The Balaban J connectivity index is 4.33. The van der Waals surface area contributed by atoms with Crippen LogP contribution >= 0.6 is 0 Å². The smallest absolute Gasteiger partial charge is 0.404 e. The quantitative estimate of drug-likeness (QED) is 0.245. The first kappa shape index (κ1) is 13.5. The van der Waals surface area contributed by atoms with Crippen LogP contribution in [0.15, 0.2) is 5.16 Å². The molecule has 0 saturated heterocycles. The van der Waals surface area contributed by atoms with Crippen molar-refractivity contribution in [1.82, 2.24) is 5.32 Å². The Labute approximate surface area is 89.1 Å². The van der Waals surface area contributed by atoms with E-state index in [4.69, 9.17) is 16.0 Å². The van der Waals surface area contributed by atoms with Gasteiger partial charge in [0.2, 0.25) is 0 Å². The second-order valence-corrected chi connectivity index (χ2v) is 4.50. The van der Waals surface area contributed by atoms with Crippen molar-refractivity contribution in [2.24, 2.45) is 16.3 Å². The Hall–Kier alpha value is -1.46.